The normalized spacial score (nSPS) is 10.9. The number of carbonyl (C=O) groups excluding carboxylic acids is 1. The van der Waals surface area contributed by atoms with Crippen molar-refractivity contribution in [2.45, 2.75) is 5.22 Å². The summed E-state index contributed by atoms with van der Waals surface area (Å²) in [6.07, 6.45) is 0. The van der Waals surface area contributed by atoms with Crippen molar-refractivity contribution < 1.29 is 13.6 Å². The van der Waals surface area contributed by atoms with Crippen molar-refractivity contribution >= 4 is 34.1 Å². The molecule has 1 N–H and O–H groups in total. The average molecular weight is 379 g/mol. The van der Waals surface area contributed by atoms with Crippen LogP contribution in [0, 0.1) is 5.82 Å². The Bertz CT molecular complexity index is 1110. The van der Waals surface area contributed by atoms with Gasteiger partial charge in [0, 0.05) is 5.56 Å². The molecule has 0 spiro atoms. The minimum atomic E-state index is -0.480. The fourth-order valence-corrected chi connectivity index (χ4v) is 3.23. The summed E-state index contributed by atoms with van der Waals surface area (Å²) in [4.78, 5) is 12.0. The number of halogens is 1. The quantitative estimate of drug-likeness (QED) is 0.506. The Balaban J connectivity index is 1.45. The van der Waals surface area contributed by atoms with Gasteiger partial charge in [0.1, 0.15) is 5.82 Å². The van der Waals surface area contributed by atoms with Gasteiger partial charge in [-0.25, -0.2) is 4.39 Å². The number of thioether (sulfide) groups is 1. The van der Waals surface area contributed by atoms with Gasteiger partial charge in [-0.2, -0.15) is 0 Å². The van der Waals surface area contributed by atoms with Crippen LogP contribution in [0.25, 0.3) is 22.2 Å². The van der Waals surface area contributed by atoms with Crippen LogP contribution in [0.1, 0.15) is 0 Å². The molecule has 1 heterocycles. The van der Waals surface area contributed by atoms with E-state index in [9.17, 15) is 9.18 Å². The summed E-state index contributed by atoms with van der Waals surface area (Å²) >= 11 is 1.10. The van der Waals surface area contributed by atoms with E-state index in [0.717, 1.165) is 28.1 Å². The summed E-state index contributed by atoms with van der Waals surface area (Å²) in [6.45, 7) is 0. The molecule has 27 heavy (non-hydrogen) atoms. The molecule has 0 aliphatic heterocycles. The van der Waals surface area contributed by atoms with E-state index in [1.165, 1.54) is 12.1 Å². The third-order valence-electron chi connectivity index (χ3n) is 3.90. The SMILES string of the molecule is O=C(CSc1nnc(-c2cccc3ccccc23)o1)Nc1ccccc1F. The zero-order valence-electron chi connectivity index (χ0n) is 14.1. The third kappa shape index (κ3) is 3.83. The highest BCUT2D eigenvalue weighted by Gasteiger charge is 2.14. The monoisotopic (exact) mass is 379 g/mol. The molecule has 1 aromatic heterocycles. The fraction of sp³-hybridized carbons (Fsp3) is 0.0500. The average Bonchev–Trinajstić information content (AvgIpc) is 3.17. The molecule has 0 saturated carbocycles. The molecule has 0 aliphatic rings. The standard InChI is InChI=1S/C20H14FN3O2S/c21-16-10-3-4-11-17(16)22-18(25)12-27-20-24-23-19(26-20)15-9-5-7-13-6-1-2-8-14(13)15/h1-11H,12H2,(H,22,25). The molecule has 4 rings (SSSR count). The van der Waals surface area contributed by atoms with E-state index >= 15 is 0 Å². The molecule has 0 unspecified atom stereocenters. The Kier molecular flexibility index (Phi) is 4.84. The maximum absolute atomic E-state index is 13.6. The number of amides is 1. The highest BCUT2D eigenvalue weighted by atomic mass is 32.2. The Hall–Kier alpha value is -3.19. The highest BCUT2D eigenvalue weighted by molar-refractivity contribution is 7.99. The largest absolute Gasteiger partial charge is 0.411 e. The van der Waals surface area contributed by atoms with E-state index in [2.05, 4.69) is 15.5 Å². The van der Waals surface area contributed by atoms with Gasteiger partial charge < -0.3 is 9.73 Å². The third-order valence-corrected chi connectivity index (χ3v) is 4.72. The topological polar surface area (TPSA) is 68.0 Å². The molecular weight excluding hydrogens is 365 g/mol. The van der Waals surface area contributed by atoms with Gasteiger partial charge in [0.2, 0.25) is 11.8 Å². The summed E-state index contributed by atoms with van der Waals surface area (Å²) < 4.78 is 19.3. The van der Waals surface area contributed by atoms with Crippen molar-refractivity contribution in [1.82, 2.24) is 10.2 Å². The van der Waals surface area contributed by atoms with Crippen LogP contribution in [-0.2, 0) is 4.79 Å². The van der Waals surface area contributed by atoms with Crippen molar-refractivity contribution in [3.05, 3.63) is 72.5 Å². The minimum absolute atomic E-state index is 0.0332. The number of rotatable bonds is 5. The van der Waals surface area contributed by atoms with Crippen molar-refractivity contribution in [1.29, 1.82) is 0 Å². The van der Waals surface area contributed by atoms with Crippen molar-refractivity contribution in [3.8, 4) is 11.5 Å². The molecule has 0 atom stereocenters. The van der Waals surface area contributed by atoms with Crippen LogP contribution in [-0.4, -0.2) is 21.9 Å². The van der Waals surface area contributed by atoms with Gasteiger partial charge in [-0.15, -0.1) is 10.2 Å². The van der Waals surface area contributed by atoms with E-state index in [4.69, 9.17) is 4.42 Å². The molecule has 0 bridgehead atoms. The lowest BCUT2D eigenvalue weighted by Gasteiger charge is -2.04. The number of anilines is 1. The zero-order valence-corrected chi connectivity index (χ0v) is 14.9. The molecule has 0 fully saturated rings. The lowest BCUT2D eigenvalue weighted by atomic mass is 10.0. The first kappa shape index (κ1) is 17.2. The van der Waals surface area contributed by atoms with Crippen LogP contribution in [0.4, 0.5) is 10.1 Å². The predicted octanol–water partition coefficient (Wildman–Crippen LogP) is 4.76. The number of aromatic nitrogens is 2. The van der Waals surface area contributed by atoms with E-state index in [1.807, 2.05) is 42.5 Å². The van der Waals surface area contributed by atoms with E-state index in [0.29, 0.717) is 5.89 Å². The molecule has 4 aromatic rings. The molecule has 3 aromatic carbocycles. The van der Waals surface area contributed by atoms with Crippen LogP contribution in [0.15, 0.2) is 76.4 Å². The molecule has 134 valence electrons. The van der Waals surface area contributed by atoms with Gasteiger partial charge in [0.25, 0.3) is 5.22 Å². The first-order valence-electron chi connectivity index (χ1n) is 8.19. The minimum Gasteiger partial charge on any atom is -0.411 e. The molecule has 5 nitrogen and oxygen atoms in total. The van der Waals surface area contributed by atoms with Crippen LogP contribution in [0.3, 0.4) is 0 Å². The summed E-state index contributed by atoms with van der Waals surface area (Å²) in [5.41, 5.74) is 0.980. The van der Waals surface area contributed by atoms with Crippen LogP contribution in [0.2, 0.25) is 0 Å². The summed E-state index contributed by atoms with van der Waals surface area (Å²) in [7, 11) is 0. The Morgan fingerprint density at radius 2 is 1.78 bits per heavy atom. The molecule has 0 aliphatic carbocycles. The maximum Gasteiger partial charge on any atom is 0.277 e. The van der Waals surface area contributed by atoms with Gasteiger partial charge in [-0.1, -0.05) is 60.3 Å². The number of hydrogen-bond donors (Lipinski definition) is 1. The number of benzene rings is 3. The Morgan fingerprint density at radius 3 is 2.67 bits per heavy atom. The number of carbonyl (C=O) groups is 1. The second-order valence-corrected chi connectivity index (χ2v) is 6.64. The second-order valence-electron chi connectivity index (χ2n) is 5.72. The number of nitrogens with zero attached hydrogens (tertiary/aromatic N) is 2. The molecule has 7 heteroatoms. The van der Waals surface area contributed by atoms with E-state index in [-0.39, 0.29) is 22.6 Å². The van der Waals surface area contributed by atoms with Crippen LogP contribution < -0.4 is 5.32 Å². The number of para-hydroxylation sites is 1. The van der Waals surface area contributed by atoms with Crippen LogP contribution >= 0.6 is 11.8 Å². The van der Waals surface area contributed by atoms with Gasteiger partial charge in [0.05, 0.1) is 11.4 Å². The number of fused-ring (bicyclic) bond motifs is 1. The predicted molar refractivity (Wildman–Crippen MR) is 103 cm³/mol. The first-order valence-corrected chi connectivity index (χ1v) is 9.18. The molecular formula is C20H14FN3O2S. The van der Waals surface area contributed by atoms with E-state index in [1.54, 1.807) is 12.1 Å². The van der Waals surface area contributed by atoms with Gasteiger partial charge >= 0.3 is 0 Å². The molecule has 0 radical (unpaired) electrons. The molecule has 0 saturated heterocycles. The second kappa shape index (κ2) is 7.59. The van der Waals surface area contributed by atoms with E-state index < -0.39 is 5.82 Å². The Morgan fingerprint density at radius 1 is 1.00 bits per heavy atom. The fourth-order valence-electron chi connectivity index (χ4n) is 2.66. The summed E-state index contributed by atoms with van der Waals surface area (Å²) in [5.74, 6) is -0.406. The highest BCUT2D eigenvalue weighted by Crippen LogP contribution is 2.29. The van der Waals surface area contributed by atoms with Crippen molar-refractivity contribution in [2.75, 3.05) is 11.1 Å². The lowest BCUT2D eigenvalue weighted by molar-refractivity contribution is -0.113. The van der Waals surface area contributed by atoms with Gasteiger partial charge in [-0.05, 0) is 29.0 Å². The first-order chi connectivity index (χ1) is 13.2. The Labute approximate surface area is 158 Å². The van der Waals surface area contributed by atoms with Crippen molar-refractivity contribution in [3.63, 3.8) is 0 Å². The maximum atomic E-state index is 13.6. The van der Waals surface area contributed by atoms with Gasteiger partial charge in [-0.3, -0.25) is 4.79 Å². The summed E-state index contributed by atoms with van der Waals surface area (Å²) in [5, 5.41) is 13.0. The smallest absolute Gasteiger partial charge is 0.277 e. The molecule has 1 amide bonds. The summed E-state index contributed by atoms with van der Waals surface area (Å²) in [6, 6.07) is 19.8. The zero-order chi connectivity index (χ0) is 18.6. The number of hydrogen-bond acceptors (Lipinski definition) is 5. The van der Waals surface area contributed by atoms with Crippen molar-refractivity contribution in [2.24, 2.45) is 0 Å². The van der Waals surface area contributed by atoms with Gasteiger partial charge in [0.15, 0.2) is 0 Å². The lowest BCUT2D eigenvalue weighted by Crippen LogP contribution is -2.14. The van der Waals surface area contributed by atoms with Crippen LogP contribution in [0.5, 0.6) is 0 Å². The number of nitrogens with one attached hydrogen (secondary N) is 1.